The third-order valence-electron chi connectivity index (χ3n) is 3.10. The van der Waals surface area contributed by atoms with Gasteiger partial charge < -0.3 is 11.6 Å². The van der Waals surface area contributed by atoms with Crippen LogP contribution in [-0.4, -0.2) is 9.66 Å². The second kappa shape index (κ2) is 3.98. The zero-order chi connectivity index (χ0) is 12.9. The number of nitrogens with zero attached hydrogens (tertiary/aromatic N) is 2. The van der Waals surface area contributed by atoms with Gasteiger partial charge in [0, 0.05) is 16.0 Å². The molecule has 4 N–H and O–H groups in total. The van der Waals surface area contributed by atoms with E-state index in [1.807, 2.05) is 0 Å². The second-order valence-corrected chi connectivity index (χ2v) is 5.33. The van der Waals surface area contributed by atoms with Crippen molar-refractivity contribution in [2.75, 3.05) is 11.6 Å². The van der Waals surface area contributed by atoms with E-state index in [1.165, 1.54) is 16.8 Å². The van der Waals surface area contributed by atoms with Crippen LogP contribution < -0.4 is 11.6 Å². The van der Waals surface area contributed by atoms with Gasteiger partial charge in [0.05, 0.1) is 0 Å². The summed E-state index contributed by atoms with van der Waals surface area (Å²) in [4.78, 5) is 4.49. The predicted octanol–water partition coefficient (Wildman–Crippen LogP) is 2.63. The number of hydrogen-bond acceptors (Lipinski definition) is 3. The lowest BCUT2D eigenvalue weighted by Gasteiger charge is -2.03. The normalized spacial score (nSPS) is 15.0. The molecular formula is C12H12BrFN4. The molecule has 18 heavy (non-hydrogen) atoms. The zero-order valence-electron chi connectivity index (χ0n) is 9.53. The van der Waals surface area contributed by atoms with Gasteiger partial charge in [0.15, 0.2) is 5.82 Å². The molecule has 0 bridgehead atoms. The van der Waals surface area contributed by atoms with E-state index in [9.17, 15) is 4.39 Å². The molecule has 1 fully saturated rings. The van der Waals surface area contributed by atoms with Gasteiger partial charge >= 0.3 is 0 Å². The van der Waals surface area contributed by atoms with Crippen LogP contribution in [0.4, 0.5) is 10.2 Å². The molecular weight excluding hydrogens is 299 g/mol. The largest absolute Gasteiger partial charge is 0.382 e. The van der Waals surface area contributed by atoms with E-state index in [2.05, 4.69) is 20.9 Å². The summed E-state index contributed by atoms with van der Waals surface area (Å²) in [7, 11) is 0. The number of halogens is 2. The van der Waals surface area contributed by atoms with Crippen molar-refractivity contribution in [3.05, 3.63) is 34.3 Å². The maximum absolute atomic E-state index is 13.1. The first-order chi connectivity index (χ1) is 8.58. The quantitative estimate of drug-likeness (QED) is 0.838. The molecule has 0 aliphatic heterocycles. The number of hydrogen-bond donors (Lipinski definition) is 2. The second-order valence-electron chi connectivity index (χ2n) is 4.47. The highest BCUT2D eigenvalue weighted by Gasteiger charge is 2.30. The minimum Gasteiger partial charge on any atom is -0.382 e. The Morgan fingerprint density at radius 2 is 2.11 bits per heavy atom. The van der Waals surface area contributed by atoms with Crippen LogP contribution in [0.3, 0.4) is 0 Å². The first-order valence-corrected chi connectivity index (χ1v) is 6.46. The summed E-state index contributed by atoms with van der Waals surface area (Å²) < 4.78 is 15.1. The summed E-state index contributed by atoms with van der Waals surface area (Å²) in [5.74, 6) is 7.21. The molecule has 1 saturated carbocycles. The molecule has 0 radical (unpaired) electrons. The topological polar surface area (TPSA) is 69.9 Å². The van der Waals surface area contributed by atoms with Gasteiger partial charge in [0.25, 0.3) is 0 Å². The van der Waals surface area contributed by atoms with Gasteiger partial charge in [0.2, 0.25) is 0 Å². The van der Waals surface area contributed by atoms with Crippen molar-refractivity contribution in [2.45, 2.75) is 18.8 Å². The van der Waals surface area contributed by atoms with E-state index in [0.717, 1.165) is 24.2 Å². The summed E-state index contributed by atoms with van der Waals surface area (Å²) in [6.45, 7) is 0. The molecule has 0 unspecified atom stereocenters. The zero-order valence-corrected chi connectivity index (χ0v) is 11.1. The minimum absolute atomic E-state index is 0.307. The van der Waals surface area contributed by atoms with Crippen molar-refractivity contribution < 1.29 is 4.39 Å². The molecule has 0 spiro atoms. The number of anilines is 1. The van der Waals surface area contributed by atoms with E-state index in [-0.39, 0.29) is 5.82 Å². The molecule has 2 aromatic rings. The number of benzene rings is 1. The Kier molecular flexibility index (Phi) is 2.55. The van der Waals surface area contributed by atoms with E-state index in [0.29, 0.717) is 21.9 Å². The Hall–Kier alpha value is -1.56. The summed E-state index contributed by atoms with van der Waals surface area (Å²) in [6, 6.07) is 4.42. The summed E-state index contributed by atoms with van der Waals surface area (Å²) in [6.07, 6.45) is 2.19. The molecule has 4 nitrogen and oxygen atoms in total. The van der Waals surface area contributed by atoms with Gasteiger partial charge in [-0.2, -0.15) is 0 Å². The van der Waals surface area contributed by atoms with E-state index in [1.54, 1.807) is 6.07 Å². The monoisotopic (exact) mass is 310 g/mol. The fourth-order valence-corrected chi connectivity index (χ4v) is 2.51. The molecule has 3 rings (SSSR count). The van der Waals surface area contributed by atoms with E-state index in [4.69, 9.17) is 11.6 Å². The Morgan fingerprint density at radius 1 is 1.39 bits per heavy atom. The number of imidazole rings is 1. The Labute approximate surface area is 112 Å². The Balaban J connectivity index is 2.13. The average molecular weight is 311 g/mol. The van der Waals surface area contributed by atoms with Gasteiger partial charge in [-0.3, -0.25) is 0 Å². The van der Waals surface area contributed by atoms with Crippen molar-refractivity contribution in [3.63, 3.8) is 0 Å². The average Bonchev–Trinajstić information content (AvgIpc) is 3.11. The van der Waals surface area contributed by atoms with Crippen molar-refractivity contribution in [3.8, 4) is 11.3 Å². The summed E-state index contributed by atoms with van der Waals surface area (Å²) >= 11 is 3.32. The lowest BCUT2D eigenvalue weighted by atomic mass is 10.1. The molecule has 0 amide bonds. The number of aromatic nitrogens is 2. The first kappa shape index (κ1) is 11.5. The van der Waals surface area contributed by atoms with Gasteiger partial charge in [-0.25, -0.2) is 14.1 Å². The fourth-order valence-electron chi connectivity index (χ4n) is 1.97. The van der Waals surface area contributed by atoms with Crippen LogP contribution in [-0.2, 0) is 0 Å². The van der Waals surface area contributed by atoms with E-state index < -0.39 is 0 Å². The fraction of sp³-hybridized carbons (Fsp3) is 0.250. The molecule has 1 aromatic carbocycles. The molecule has 1 aromatic heterocycles. The van der Waals surface area contributed by atoms with Crippen molar-refractivity contribution in [1.29, 1.82) is 0 Å². The van der Waals surface area contributed by atoms with Gasteiger partial charge in [0.1, 0.15) is 17.3 Å². The lowest BCUT2D eigenvalue weighted by Crippen LogP contribution is -2.14. The standard InChI is InChI=1S/C12H12BrFN4/c13-9-5-7(14)3-4-8(9)10-11(15)18(16)12(17-10)6-1-2-6/h3-6H,1-2,15-16H2. The molecule has 6 heteroatoms. The summed E-state index contributed by atoms with van der Waals surface area (Å²) in [5.41, 5.74) is 7.32. The lowest BCUT2D eigenvalue weighted by molar-refractivity contribution is 0.627. The van der Waals surface area contributed by atoms with Gasteiger partial charge in [-0.1, -0.05) is 0 Å². The maximum atomic E-state index is 13.1. The minimum atomic E-state index is -0.307. The highest BCUT2D eigenvalue weighted by molar-refractivity contribution is 9.10. The van der Waals surface area contributed by atoms with Crippen molar-refractivity contribution in [2.24, 2.45) is 0 Å². The molecule has 0 atom stereocenters. The predicted molar refractivity (Wildman–Crippen MR) is 71.9 cm³/mol. The first-order valence-electron chi connectivity index (χ1n) is 5.66. The van der Waals surface area contributed by atoms with Gasteiger partial charge in [-0.15, -0.1) is 0 Å². The van der Waals surface area contributed by atoms with Crippen LogP contribution in [0.2, 0.25) is 0 Å². The highest BCUT2D eigenvalue weighted by atomic mass is 79.9. The van der Waals surface area contributed by atoms with Crippen LogP contribution >= 0.6 is 15.9 Å². The third-order valence-corrected chi connectivity index (χ3v) is 3.76. The van der Waals surface area contributed by atoms with Crippen molar-refractivity contribution in [1.82, 2.24) is 9.66 Å². The molecule has 0 saturated heterocycles. The maximum Gasteiger partial charge on any atom is 0.150 e. The summed E-state index contributed by atoms with van der Waals surface area (Å²) in [5, 5.41) is 0. The molecule has 94 valence electrons. The third kappa shape index (κ3) is 1.77. The van der Waals surface area contributed by atoms with Crippen LogP contribution in [0.1, 0.15) is 24.6 Å². The molecule has 1 aliphatic carbocycles. The van der Waals surface area contributed by atoms with Gasteiger partial charge in [-0.05, 0) is 47.0 Å². The molecule has 1 aliphatic rings. The SMILES string of the molecule is Nc1c(-c2ccc(F)cc2Br)nc(C2CC2)n1N. The Bertz CT molecular complexity index is 619. The van der Waals surface area contributed by atoms with Crippen LogP contribution in [0.25, 0.3) is 11.3 Å². The van der Waals surface area contributed by atoms with Crippen LogP contribution in [0.15, 0.2) is 22.7 Å². The molecule has 1 heterocycles. The highest BCUT2D eigenvalue weighted by Crippen LogP contribution is 2.42. The number of rotatable bonds is 2. The Morgan fingerprint density at radius 3 is 2.72 bits per heavy atom. The smallest absolute Gasteiger partial charge is 0.150 e. The van der Waals surface area contributed by atoms with Crippen molar-refractivity contribution >= 4 is 21.7 Å². The van der Waals surface area contributed by atoms with E-state index >= 15 is 0 Å². The number of nitrogens with two attached hydrogens (primary N) is 2. The number of nitrogen functional groups attached to an aromatic ring is 2. The van der Waals surface area contributed by atoms with Crippen LogP contribution in [0.5, 0.6) is 0 Å². The van der Waals surface area contributed by atoms with Crippen LogP contribution in [0, 0.1) is 5.82 Å².